The fourth-order valence-electron chi connectivity index (χ4n) is 1.90. The summed E-state index contributed by atoms with van der Waals surface area (Å²) in [6, 6.07) is 11.9. The number of benzene rings is 2. The zero-order valence-corrected chi connectivity index (χ0v) is 11.5. The zero-order chi connectivity index (χ0) is 14.7. The van der Waals surface area contributed by atoms with Gasteiger partial charge in [0.15, 0.2) is 0 Å². The van der Waals surface area contributed by atoms with E-state index in [2.05, 4.69) is 5.32 Å². The number of hydrogen-bond donors (Lipinski definition) is 2. The number of nitrogens with zero attached hydrogens (tertiary/aromatic N) is 1. The van der Waals surface area contributed by atoms with Gasteiger partial charge in [-0.15, -0.1) is 0 Å². The Kier molecular flexibility index (Phi) is 3.92. The van der Waals surface area contributed by atoms with Crippen LogP contribution >= 0.6 is 11.6 Å². The molecule has 0 aromatic heterocycles. The number of aryl methyl sites for hydroxylation is 1. The highest BCUT2D eigenvalue weighted by Gasteiger charge is 2.14. The molecule has 2 aromatic carbocycles. The smallest absolute Gasteiger partial charge is 0.258 e. The van der Waals surface area contributed by atoms with Gasteiger partial charge in [0.25, 0.3) is 5.91 Å². The lowest BCUT2D eigenvalue weighted by Crippen LogP contribution is -2.16. The average Bonchev–Trinajstić information content (AvgIpc) is 2.38. The first-order valence-corrected chi connectivity index (χ1v) is 6.27. The molecule has 0 aliphatic rings. The Bertz CT molecular complexity index is 699. The molecule has 0 unspecified atom stereocenters. The van der Waals surface area contributed by atoms with E-state index in [4.69, 9.17) is 22.6 Å². The van der Waals surface area contributed by atoms with Gasteiger partial charge in [0, 0.05) is 10.7 Å². The first kappa shape index (κ1) is 13.9. The van der Waals surface area contributed by atoms with E-state index < -0.39 is 0 Å². The standard InChI is InChI=1S/C15H12ClN3O/c1-9-3-2-4-12(18)14(9)15(20)19-13-7-11(16)6-5-10(13)8-17/h2-7H,18H2,1H3,(H,19,20). The van der Waals surface area contributed by atoms with E-state index in [0.717, 1.165) is 5.56 Å². The number of rotatable bonds is 2. The molecule has 2 rings (SSSR count). The summed E-state index contributed by atoms with van der Waals surface area (Å²) in [6.07, 6.45) is 0. The number of nitrogens with two attached hydrogens (primary N) is 1. The van der Waals surface area contributed by atoms with Gasteiger partial charge in [0.05, 0.1) is 16.8 Å². The second-order valence-electron chi connectivity index (χ2n) is 4.29. The summed E-state index contributed by atoms with van der Waals surface area (Å²) < 4.78 is 0. The fraction of sp³-hybridized carbons (Fsp3) is 0.0667. The number of amides is 1. The Morgan fingerprint density at radius 3 is 2.75 bits per heavy atom. The fourth-order valence-corrected chi connectivity index (χ4v) is 2.07. The third-order valence-corrected chi connectivity index (χ3v) is 3.12. The van der Waals surface area contributed by atoms with Gasteiger partial charge in [0.1, 0.15) is 6.07 Å². The van der Waals surface area contributed by atoms with E-state index in [1.165, 1.54) is 6.07 Å². The molecule has 0 heterocycles. The van der Waals surface area contributed by atoms with Gasteiger partial charge in [-0.3, -0.25) is 4.79 Å². The Morgan fingerprint density at radius 1 is 1.35 bits per heavy atom. The van der Waals surface area contributed by atoms with Crippen molar-refractivity contribution in [2.24, 2.45) is 0 Å². The molecule has 0 aliphatic carbocycles. The number of nitrogens with one attached hydrogen (secondary N) is 1. The summed E-state index contributed by atoms with van der Waals surface area (Å²) in [6.45, 7) is 1.80. The molecular formula is C15H12ClN3O. The number of nitrogen functional groups attached to an aromatic ring is 1. The SMILES string of the molecule is Cc1cccc(N)c1C(=O)Nc1cc(Cl)ccc1C#N. The molecule has 0 bridgehead atoms. The van der Waals surface area contributed by atoms with Crippen molar-refractivity contribution in [1.82, 2.24) is 0 Å². The number of nitriles is 1. The number of anilines is 2. The Balaban J connectivity index is 2.38. The highest BCUT2D eigenvalue weighted by Crippen LogP contribution is 2.23. The van der Waals surface area contributed by atoms with Crippen LogP contribution in [0.5, 0.6) is 0 Å². The molecule has 0 saturated carbocycles. The molecule has 0 atom stereocenters. The third kappa shape index (κ3) is 2.73. The molecule has 4 nitrogen and oxygen atoms in total. The van der Waals surface area contributed by atoms with Crippen LogP contribution in [0.3, 0.4) is 0 Å². The Morgan fingerprint density at radius 2 is 2.10 bits per heavy atom. The lowest BCUT2D eigenvalue weighted by molar-refractivity contribution is 0.102. The maximum Gasteiger partial charge on any atom is 0.258 e. The van der Waals surface area contributed by atoms with Crippen molar-refractivity contribution in [3.05, 3.63) is 58.1 Å². The lowest BCUT2D eigenvalue weighted by atomic mass is 10.1. The molecule has 100 valence electrons. The van der Waals surface area contributed by atoms with Crippen LogP contribution in [-0.2, 0) is 0 Å². The molecule has 0 fully saturated rings. The summed E-state index contributed by atoms with van der Waals surface area (Å²) >= 11 is 5.88. The van der Waals surface area contributed by atoms with Crippen LogP contribution < -0.4 is 11.1 Å². The van der Waals surface area contributed by atoms with Gasteiger partial charge >= 0.3 is 0 Å². The highest BCUT2D eigenvalue weighted by atomic mass is 35.5. The summed E-state index contributed by atoms with van der Waals surface area (Å²) in [4.78, 5) is 12.3. The van der Waals surface area contributed by atoms with Crippen molar-refractivity contribution in [3.63, 3.8) is 0 Å². The third-order valence-electron chi connectivity index (χ3n) is 2.88. The van der Waals surface area contributed by atoms with E-state index in [1.807, 2.05) is 6.07 Å². The largest absolute Gasteiger partial charge is 0.398 e. The second kappa shape index (κ2) is 5.64. The van der Waals surface area contributed by atoms with E-state index in [-0.39, 0.29) is 5.91 Å². The first-order chi connectivity index (χ1) is 9.52. The molecule has 3 N–H and O–H groups in total. The van der Waals surface area contributed by atoms with Crippen molar-refractivity contribution >= 4 is 28.9 Å². The Labute approximate surface area is 121 Å². The maximum atomic E-state index is 12.3. The minimum atomic E-state index is -0.362. The molecule has 0 spiro atoms. The molecule has 2 aromatic rings. The summed E-state index contributed by atoms with van der Waals surface area (Å²) in [7, 11) is 0. The molecule has 0 radical (unpaired) electrons. The van der Waals surface area contributed by atoms with E-state index in [1.54, 1.807) is 37.3 Å². The molecular weight excluding hydrogens is 274 g/mol. The molecule has 5 heteroatoms. The van der Waals surface area contributed by atoms with Crippen molar-refractivity contribution < 1.29 is 4.79 Å². The number of carbonyl (C=O) groups excluding carboxylic acids is 1. The predicted molar refractivity (Wildman–Crippen MR) is 79.7 cm³/mol. The van der Waals surface area contributed by atoms with Gasteiger partial charge in [-0.1, -0.05) is 23.7 Å². The van der Waals surface area contributed by atoms with E-state index >= 15 is 0 Å². The number of carbonyl (C=O) groups is 1. The minimum Gasteiger partial charge on any atom is -0.398 e. The van der Waals surface area contributed by atoms with Crippen LogP contribution in [0.25, 0.3) is 0 Å². The van der Waals surface area contributed by atoms with Gasteiger partial charge in [-0.05, 0) is 36.8 Å². The van der Waals surface area contributed by atoms with Gasteiger partial charge < -0.3 is 11.1 Å². The molecule has 0 saturated heterocycles. The summed E-state index contributed by atoms with van der Waals surface area (Å²) in [5.41, 5.74) is 8.09. The quantitative estimate of drug-likeness (QED) is 0.831. The topological polar surface area (TPSA) is 78.9 Å². The Hall–Kier alpha value is -2.51. The van der Waals surface area contributed by atoms with Crippen LogP contribution in [0.2, 0.25) is 5.02 Å². The monoisotopic (exact) mass is 285 g/mol. The summed E-state index contributed by atoms with van der Waals surface area (Å²) in [5.74, 6) is -0.362. The zero-order valence-electron chi connectivity index (χ0n) is 10.8. The van der Waals surface area contributed by atoms with Crippen LogP contribution in [0.4, 0.5) is 11.4 Å². The van der Waals surface area contributed by atoms with Gasteiger partial charge in [-0.2, -0.15) is 5.26 Å². The highest BCUT2D eigenvalue weighted by molar-refractivity contribution is 6.31. The van der Waals surface area contributed by atoms with Crippen LogP contribution in [0, 0.1) is 18.3 Å². The van der Waals surface area contributed by atoms with Crippen molar-refractivity contribution in [3.8, 4) is 6.07 Å². The average molecular weight is 286 g/mol. The van der Waals surface area contributed by atoms with Crippen molar-refractivity contribution in [2.45, 2.75) is 6.92 Å². The van der Waals surface area contributed by atoms with Gasteiger partial charge in [-0.25, -0.2) is 0 Å². The van der Waals surface area contributed by atoms with Crippen LogP contribution in [-0.4, -0.2) is 5.91 Å². The van der Waals surface area contributed by atoms with Crippen molar-refractivity contribution in [2.75, 3.05) is 11.1 Å². The normalized spacial score (nSPS) is 9.85. The van der Waals surface area contributed by atoms with Gasteiger partial charge in [0.2, 0.25) is 0 Å². The maximum absolute atomic E-state index is 12.3. The predicted octanol–water partition coefficient (Wildman–Crippen LogP) is 3.35. The lowest BCUT2D eigenvalue weighted by Gasteiger charge is -2.11. The summed E-state index contributed by atoms with van der Waals surface area (Å²) in [5, 5.41) is 12.1. The molecule has 20 heavy (non-hydrogen) atoms. The molecule has 0 aliphatic heterocycles. The van der Waals surface area contributed by atoms with E-state index in [9.17, 15) is 4.79 Å². The number of hydrogen-bond acceptors (Lipinski definition) is 3. The van der Waals surface area contributed by atoms with Crippen molar-refractivity contribution in [1.29, 1.82) is 5.26 Å². The van der Waals surface area contributed by atoms with E-state index in [0.29, 0.717) is 27.5 Å². The van der Waals surface area contributed by atoms with Crippen LogP contribution in [0.15, 0.2) is 36.4 Å². The number of halogens is 1. The minimum absolute atomic E-state index is 0.343. The van der Waals surface area contributed by atoms with Crippen LogP contribution in [0.1, 0.15) is 21.5 Å². The second-order valence-corrected chi connectivity index (χ2v) is 4.73. The molecule has 1 amide bonds. The first-order valence-electron chi connectivity index (χ1n) is 5.89.